The van der Waals surface area contributed by atoms with Gasteiger partial charge in [-0.05, 0) is 25.1 Å². The van der Waals surface area contributed by atoms with E-state index in [2.05, 4.69) is 4.99 Å². The van der Waals surface area contributed by atoms with E-state index in [1.807, 2.05) is 31.2 Å². The van der Waals surface area contributed by atoms with Crippen LogP contribution in [0, 0.1) is 18.6 Å². The van der Waals surface area contributed by atoms with Gasteiger partial charge in [-0.25, -0.2) is 8.78 Å². The average Bonchev–Trinajstić information content (AvgIpc) is 2.85. The van der Waals surface area contributed by atoms with Crippen molar-refractivity contribution in [2.24, 2.45) is 10.7 Å². The molecule has 2 N–H and O–H groups in total. The van der Waals surface area contributed by atoms with E-state index >= 15 is 0 Å². The highest BCUT2D eigenvalue weighted by Gasteiger charge is 2.31. The summed E-state index contributed by atoms with van der Waals surface area (Å²) in [5.74, 6) is -1.39. The van der Waals surface area contributed by atoms with Crippen LogP contribution in [0.2, 0.25) is 0 Å². The summed E-state index contributed by atoms with van der Waals surface area (Å²) < 4.78 is 27.5. The highest BCUT2D eigenvalue weighted by Crippen LogP contribution is 2.33. The predicted octanol–water partition coefficient (Wildman–Crippen LogP) is 3.15. The van der Waals surface area contributed by atoms with Crippen LogP contribution in [-0.2, 0) is 0 Å². The number of nitrogens with two attached hydrogens (primary N) is 1. The van der Waals surface area contributed by atoms with Gasteiger partial charge >= 0.3 is 0 Å². The molecule has 108 valence electrons. The molecule has 0 fully saturated rings. The summed E-state index contributed by atoms with van der Waals surface area (Å²) in [5.41, 5.74) is 8.11. The predicted molar refractivity (Wildman–Crippen MR) is 79.2 cm³/mol. The van der Waals surface area contributed by atoms with E-state index in [0.29, 0.717) is 12.5 Å². The van der Waals surface area contributed by atoms with Gasteiger partial charge in [0.1, 0.15) is 0 Å². The van der Waals surface area contributed by atoms with Gasteiger partial charge in [-0.1, -0.05) is 29.8 Å². The number of rotatable bonds is 2. The van der Waals surface area contributed by atoms with E-state index in [-0.39, 0.29) is 5.56 Å². The number of hydrogen-bond acceptors (Lipinski definition) is 3. The molecule has 0 bridgehead atoms. The Balaban J connectivity index is 2.03. The summed E-state index contributed by atoms with van der Waals surface area (Å²) in [7, 11) is 0. The van der Waals surface area contributed by atoms with Crippen molar-refractivity contribution < 1.29 is 8.78 Å². The third-order valence-electron chi connectivity index (χ3n) is 3.64. The van der Waals surface area contributed by atoms with Gasteiger partial charge in [0, 0.05) is 11.3 Å². The van der Waals surface area contributed by atoms with E-state index in [9.17, 15) is 8.78 Å². The second kappa shape index (κ2) is 5.16. The molecule has 3 rings (SSSR count). The molecule has 1 aliphatic heterocycles. The lowest BCUT2D eigenvalue weighted by atomic mass is 10.0. The maximum Gasteiger partial charge on any atom is 0.196 e. The Hall–Kier alpha value is -2.43. The Morgan fingerprint density at radius 3 is 2.57 bits per heavy atom. The van der Waals surface area contributed by atoms with Gasteiger partial charge in [0.05, 0.1) is 12.6 Å². The number of halogens is 2. The van der Waals surface area contributed by atoms with Crippen LogP contribution in [-0.4, -0.2) is 12.5 Å². The summed E-state index contributed by atoms with van der Waals surface area (Å²) in [6.45, 7) is 2.29. The zero-order chi connectivity index (χ0) is 15.0. The van der Waals surface area contributed by atoms with Crippen LogP contribution < -0.4 is 10.6 Å². The van der Waals surface area contributed by atoms with Crippen molar-refractivity contribution in [1.29, 1.82) is 0 Å². The first-order valence-corrected chi connectivity index (χ1v) is 6.67. The minimum Gasteiger partial charge on any atom is -0.369 e. The van der Waals surface area contributed by atoms with Crippen molar-refractivity contribution >= 4 is 11.6 Å². The quantitative estimate of drug-likeness (QED) is 0.922. The molecule has 0 amide bonds. The molecule has 2 aromatic carbocycles. The van der Waals surface area contributed by atoms with Gasteiger partial charge in [0.25, 0.3) is 0 Å². The molecule has 0 aliphatic carbocycles. The maximum atomic E-state index is 14.0. The molecule has 5 heteroatoms. The Morgan fingerprint density at radius 1 is 1.14 bits per heavy atom. The highest BCUT2D eigenvalue weighted by atomic mass is 19.2. The molecule has 0 saturated heterocycles. The first kappa shape index (κ1) is 13.5. The molecule has 2 aromatic rings. The van der Waals surface area contributed by atoms with Crippen molar-refractivity contribution in [2.45, 2.75) is 13.0 Å². The Morgan fingerprint density at radius 2 is 1.86 bits per heavy atom. The SMILES string of the molecule is Cc1ccc(N2C(N)=NCC2c2cccc(F)c2F)cc1. The van der Waals surface area contributed by atoms with Gasteiger partial charge in [-0.2, -0.15) is 0 Å². The smallest absolute Gasteiger partial charge is 0.196 e. The molecule has 0 spiro atoms. The van der Waals surface area contributed by atoms with Gasteiger partial charge < -0.3 is 10.6 Å². The van der Waals surface area contributed by atoms with Crippen molar-refractivity contribution in [2.75, 3.05) is 11.4 Å². The molecule has 0 radical (unpaired) electrons. The zero-order valence-corrected chi connectivity index (χ0v) is 11.6. The summed E-state index contributed by atoms with van der Waals surface area (Å²) >= 11 is 0. The van der Waals surface area contributed by atoms with E-state index in [1.165, 1.54) is 6.07 Å². The van der Waals surface area contributed by atoms with E-state index in [4.69, 9.17) is 5.73 Å². The molecular weight excluding hydrogens is 272 g/mol. The Labute approximate surface area is 121 Å². The molecule has 21 heavy (non-hydrogen) atoms. The monoisotopic (exact) mass is 287 g/mol. The minimum absolute atomic E-state index is 0.264. The number of nitrogens with zero attached hydrogens (tertiary/aromatic N) is 2. The lowest BCUT2D eigenvalue weighted by Crippen LogP contribution is -2.36. The van der Waals surface area contributed by atoms with Crippen LogP contribution in [0.3, 0.4) is 0 Å². The summed E-state index contributed by atoms with van der Waals surface area (Å²) in [6.07, 6.45) is 0. The van der Waals surface area contributed by atoms with Crippen molar-refractivity contribution in [3.8, 4) is 0 Å². The Kier molecular flexibility index (Phi) is 3.33. The number of aliphatic imine (C=N–C) groups is 1. The molecule has 3 nitrogen and oxygen atoms in total. The fourth-order valence-electron chi connectivity index (χ4n) is 2.53. The molecule has 1 unspecified atom stereocenters. The van der Waals surface area contributed by atoms with Crippen LogP contribution in [0.1, 0.15) is 17.2 Å². The van der Waals surface area contributed by atoms with Crippen LogP contribution >= 0.6 is 0 Å². The lowest BCUT2D eigenvalue weighted by molar-refractivity contribution is 0.491. The van der Waals surface area contributed by atoms with Gasteiger partial charge in [-0.15, -0.1) is 0 Å². The van der Waals surface area contributed by atoms with Crippen molar-refractivity contribution in [1.82, 2.24) is 0 Å². The zero-order valence-electron chi connectivity index (χ0n) is 11.6. The molecule has 1 heterocycles. The number of benzene rings is 2. The van der Waals surface area contributed by atoms with Gasteiger partial charge in [-0.3, -0.25) is 4.99 Å². The summed E-state index contributed by atoms with van der Waals surface area (Å²) in [6, 6.07) is 11.4. The number of hydrogen-bond donors (Lipinski definition) is 1. The second-order valence-corrected chi connectivity index (χ2v) is 5.06. The number of aryl methyl sites for hydroxylation is 1. The van der Waals surface area contributed by atoms with Crippen LogP contribution in [0.4, 0.5) is 14.5 Å². The fraction of sp³-hybridized carbons (Fsp3) is 0.188. The Bertz CT molecular complexity index is 695. The van der Waals surface area contributed by atoms with E-state index in [1.54, 1.807) is 11.0 Å². The van der Waals surface area contributed by atoms with Crippen molar-refractivity contribution in [3.05, 3.63) is 65.2 Å². The fourth-order valence-corrected chi connectivity index (χ4v) is 2.53. The molecule has 1 atom stereocenters. The van der Waals surface area contributed by atoms with Crippen LogP contribution in [0.25, 0.3) is 0 Å². The third kappa shape index (κ3) is 2.35. The minimum atomic E-state index is -0.859. The molecular formula is C16H15F2N3. The second-order valence-electron chi connectivity index (χ2n) is 5.06. The van der Waals surface area contributed by atoms with Crippen LogP contribution in [0.5, 0.6) is 0 Å². The molecule has 0 aromatic heterocycles. The third-order valence-corrected chi connectivity index (χ3v) is 3.64. The van der Waals surface area contributed by atoms with Crippen molar-refractivity contribution in [3.63, 3.8) is 0 Å². The highest BCUT2D eigenvalue weighted by molar-refractivity contribution is 5.97. The molecule has 1 aliphatic rings. The standard InChI is InChI=1S/C16H15F2N3/c1-10-5-7-11(8-6-10)21-14(9-20-16(21)19)12-3-2-4-13(17)15(12)18/h2-8,14H,9H2,1H3,(H2,19,20). The first-order valence-electron chi connectivity index (χ1n) is 6.67. The van der Waals surface area contributed by atoms with Gasteiger partial charge in [0.2, 0.25) is 0 Å². The molecule has 0 saturated carbocycles. The first-order chi connectivity index (χ1) is 10.1. The number of guanidine groups is 1. The maximum absolute atomic E-state index is 14.0. The normalized spacial score (nSPS) is 18.0. The number of anilines is 1. The summed E-state index contributed by atoms with van der Waals surface area (Å²) in [4.78, 5) is 5.91. The summed E-state index contributed by atoms with van der Waals surface area (Å²) in [5, 5.41) is 0. The van der Waals surface area contributed by atoms with Crippen LogP contribution in [0.15, 0.2) is 47.5 Å². The van der Waals surface area contributed by atoms with E-state index < -0.39 is 17.7 Å². The largest absolute Gasteiger partial charge is 0.369 e. The topological polar surface area (TPSA) is 41.6 Å². The van der Waals surface area contributed by atoms with E-state index in [0.717, 1.165) is 17.3 Å². The van der Waals surface area contributed by atoms with Gasteiger partial charge in [0.15, 0.2) is 17.6 Å². The average molecular weight is 287 g/mol. The lowest BCUT2D eigenvalue weighted by Gasteiger charge is -2.27.